The molecule has 1 heterocycles. The van der Waals surface area contributed by atoms with Crippen molar-refractivity contribution in [2.75, 3.05) is 33.0 Å². The van der Waals surface area contributed by atoms with Gasteiger partial charge >= 0.3 is 5.97 Å². The monoisotopic (exact) mass is 487 g/mol. The normalized spacial score (nSPS) is 13.9. The highest BCUT2D eigenvalue weighted by molar-refractivity contribution is 6.12. The molecular weight excluding hydrogens is 458 g/mol. The zero-order valence-corrected chi connectivity index (χ0v) is 20.4. The number of benzene rings is 3. The quantitative estimate of drug-likeness (QED) is 0.198. The minimum absolute atomic E-state index is 0.228. The summed E-state index contributed by atoms with van der Waals surface area (Å²) < 4.78 is 28.2. The summed E-state index contributed by atoms with van der Waals surface area (Å²) in [5, 5.41) is 0. The lowest BCUT2D eigenvalue weighted by Crippen LogP contribution is -2.12. The Labute approximate surface area is 210 Å². The molecule has 7 nitrogen and oxygen atoms in total. The molecule has 0 saturated heterocycles. The van der Waals surface area contributed by atoms with Crippen molar-refractivity contribution < 1.29 is 28.5 Å². The van der Waals surface area contributed by atoms with Gasteiger partial charge in [0.1, 0.15) is 19.0 Å². The Balaban J connectivity index is 1.30. The van der Waals surface area contributed by atoms with Gasteiger partial charge in [0.15, 0.2) is 17.2 Å². The Bertz CT molecular complexity index is 1240. The molecule has 0 atom stereocenters. The molecule has 0 aromatic heterocycles. The molecule has 3 aromatic rings. The molecule has 4 rings (SSSR count). The van der Waals surface area contributed by atoms with Gasteiger partial charge in [-0.05, 0) is 67.4 Å². The van der Waals surface area contributed by atoms with Gasteiger partial charge in [-0.15, -0.1) is 0 Å². The van der Waals surface area contributed by atoms with Crippen molar-refractivity contribution in [3.8, 4) is 17.2 Å². The maximum absolute atomic E-state index is 12.3. The first-order chi connectivity index (χ1) is 17.6. The SMILES string of the molecule is CCOc1cc(/C=C2\N=C(c3ccccc3)OC2=O)ccc1OCCOCCOc1cccc(C)c1. The van der Waals surface area contributed by atoms with Gasteiger partial charge in [0, 0.05) is 5.56 Å². The molecule has 186 valence electrons. The van der Waals surface area contributed by atoms with Crippen LogP contribution in [0.5, 0.6) is 17.2 Å². The predicted molar refractivity (Wildman–Crippen MR) is 138 cm³/mol. The Kier molecular flexibility index (Phi) is 8.72. The van der Waals surface area contributed by atoms with Crippen molar-refractivity contribution in [1.29, 1.82) is 0 Å². The van der Waals surface area contributed by atoms with Crippen LogP contribution in [0.1, 0.15) is 23.6 Å². The van der Waals surface area contributed by atoms with E-state index in [0.29, 0.717) is 50.4 Å². The van der Waals surface area contributed by atoms with Crippen molar-refractivity contribution in [2.45, 2.75) is 13.8 Å². The van der Waals surface area contributed by atoms with Gasteiger partial charge in [-0.2, -0.15) is 0 Å². The molecule has 0 radical (unpaired) electrons. The molecule has 1 aliphatic rings. The van der Waals surface area contributed by atoms with E-state index in [9.17, 15) is 4.79 Å². The number of hydrogen-bond acceptors (Lipinski definition) is 7. The molecule has 0 unspecified atom stereocenters. The van der Waals surface area contributed by atoms with E-state index in [1.54, 1.807) is 12.1 Å². The number of aliphatic imine (C=N–C) groups is 1. The third-order valence-corrected chi connectivity index (χ3v) is 5.18. The number of hydrogen-bond donors (Lipinski definition) is 0. The van der Waals surface area contributed by atoms with Crippen LogP contribution in [0.25, 0.3) is 6.08 Å². The van der Waals surface area contributed by atoms with E-state index in [1.165, 1.54) is 0 Å². The van der Waals surface area contributed by atoms with Gasteiger partial charge in [-0.1, -0.05) is 36.4 Å². The zero-order chi connectivity index (χ0) is 25.2. The highest BCUT2D eigenvalue weighted by Gasteiger charge is 2.24. The fourth-order valence-corrected chi connectivity index (χ4v) is 3.51. The summed E-state index contributed by atoms with van der Waals surface area (Å²) in [6.45, 7) is 6.11. The molecule has 0 aliphatic carbocycles. The van der Waals surface area contributed by atoms with Crippen LogP contribution in [-0.4, -0.2) is 44.9 Å². The molecule has 0 spiro atoms. The zero-order valence-electron chi connectivity index (χ0n) is 20.4. The Morgan fingerprint density at radius 3 is 2.42 bits per heavy atom. The molecule has 36 heavy (non-hydrogen) atoms. The standard InChI is InChI=1S/C29H29NO6/c1-3-33-27-20-22(19-25-29(31)36-28(30-25)23-9-5-4-6-10-23)12-13-26(27)35-17-15-32-14-16-34-24-11-7-8-21(2)18-24/h4-13,18-20H,3,14-17H2,1-2H3/b25-19-. The number of ether oxygens (including phenoxy) is 5. The summed E-state index contributed by atoms with van der Waals surface area (Å²) >= 11 is 0. The highest BCUT2D eigenvalue weighted by Crippen LogP contribution is 2.30. The van der Waals surface area contributed by atoms with Crippen LogP contribution in [-0.2, 0) is 14.3 Å². The second kappa shape index (κ2) is 12.6. The molecule has 0 N–H and O–H groups in total. The summed E-state index contributed by atoms with van der Waals surface area (Å²) in [6.07, 6.45) is 1.67. The molecule has 0 saturated carbocycles. The van der Waals surface area contributed by atoms with Crippen molar-refractivity contribution in [1.82, 2.24) is 0 Å². The van der Waals surface area contributed by atoms with E-state index in [0.717, 1.165) is 22.4 Å². The molecule has 0 fully saturated rings. The average molecular weight is 488 g/mol. The maximum atomic E-state index is 12.3. The van der Waals surface area contributed by atoms with Crippen molar-refractivity contribution in [3.63, 3.8) is 0 Å². The first kappa shape index (κ1) is 25.0. The number of esters is 1. The first-order valence-electron chi connectivity index (χ1n) is 11.9. The Hall–Kier alpha value is -4.10. The largest absolute Gasteiger partial charge is 0.491 e. The lowest BCUT2D eigenvalue weighted by molar-refractivity contribution is -0.129. The summed E-state index contributed by atoms with van der Waals surface area (Å²) in [4.78, 5) is 16.6. The second-order valence-electron chi connectivity index (χ2n) is 7.97. The van der Waals surface area contributed by atoms with Crippen LogP contribution >= 0.6 is 0 Å². The second-order valence-corrected chi connectivity index (χ2v) is 7.97. The van der Waals surface area contributed by atoms with Crippen molar-refractivity contribution in [2.24, 2.45) is 4.99 Å². The highest BCUT2D eigenvalue weighted by atomic mass is 16.6. The fourth-order valence-electron chi connectivity index (χ4n) is 3.51. The van der Waals surface area contributed by atoms with Crippen LogP contribution in [0.2, 0.25) is 0 Å². The van der Waals surface area contributed by atoms with E-state index in [1.807, 2.05) is 80.6 Å². The predicted octanol–water partition coefficient (Wildman–Crippen LogP) is 5.21. The van der Waals surface area contributed by atoms with Crippen LogP contribution in [0.15, 0.2) is 83.5 Å². The van der Waals surface area contributed by atoms with E-state index in [4.69, 9.17) is 23.7 Å². The molecule has 0 amide bonds. The van der Waals surface area contributed by atoms with Crippen molar-refractivity contribution in [3.05, 3.63) is 95.2 Å². The number of nitrogens with zero attached hydrogens (tertiary/aromatic N) is 1. The number of carbonyl (C=O) groups is 1. The van der Waals surface area contributed by atoms with E-state index in [2.05, 4.69) is 4.99 Å². The Morgan fingerprint density at radius 1 is 0.833 bits per heavy atom. The van der Waals surface area contributed by atoms with Crippen LogP contribution in [0.3, 0.4) is 0 Å². The first-order valence-corrected chi connectivity index (χ1v) is 11.9. The summed E-state index contributed by atoms with van der Waals surface area (Å²) in [6, 6.07) is 22.7. The van der Waals surface area contributed by atoms with Gasteiger partial charge in [0.05, 0.1) is 19.8 Å². The lowest BCUT2D eigenvalue weighted by Gasteiger charge is -2.13. The van der Waals surface area contributed by atoms with E-state index < -0.39 is 5.97 Å². The molecule has 3 aromatic carbocycles. The molecule has 7 heteroatoms. The topological polar surface area (TPSA) is 75.6 Å². The molecule has 1 aliphatic heterocycles. The minimum Gasteiger partial charge on any atom is -0.491 e. The lowest BCUT2D eigenvalue weighted by atomic mass is 10.1. The molecule has 0 bridgehead atoms. The average Bonchev–Trinajstić information content (AvgIpc) is 3.25. The molecular formula is C29H29NO6. The third kappa shape index (κ3) is 6.96. The van der Waals surface area contributed by atoms with Gasteiger partial charge in [0.25, 0.3) is 0 Å². The van der Waals surface area contributed by atoms with Gasteiger partial charge < -0.3 is 23.7 Å². The summed E-state index contributed by atoms with van der Waals surface area (Å²) in [5.41, 5.74) is 2.88. The fraction of sp³-hybridized carbons (Fsp3) is 0.241. The smallest absolute Gasteiger partial charge is 0.363 e. The summed E-state index contributed by atoms with van der Waals surface area (Å²) in [7, 11) is 0. The van der Waals surface area contributed by atoms with Crippen LogP contribution < -0.4 is 14.2 Å². The van der Waals surface area contributed by atoms with Crippen LogP contribution in [0.4, 0.5) is 0 Å². The maximum Gasteiger partial charge on any atom is 0.363 e. The van der Waals surface area contributed by atoms with E-state index >= 15 is 0 Å². The third-order valence-electron chi connectivity index (χ3n) is 5.18. The van der Waals surface area contributed by atoms with Crippen molar-refractivity contribution >= 4 is 17.9 Å². The number of rotatable bonds is 12. The Morgan fingerprint density at radius 2 is 1.64 bits per heavy atom. The minimum atomic E-state index is -0.490. The van der Waals surface area contributed by atoms with Gasteiger partial charge in [-0.25, -0.2) is 9.79 Å². The summed E-state index contributed by atoms with van der Waals surface area (Å²) in [5.74, 6) is 1.81. The van der Waals surface area contributed by atoms with Crippen LogP contribution in [0, 0.1) is 6.92 Å². The number of aryl methyl sites for hydroxylation is 1. The number of carbonyl (C=O) groups excluding carboxylic acids is 1. The van der Waals surface area contributed by atoms with Gasteiger partial charge in [0.2, 0.25) is 5.90 Å². The number of cyclic esters (lactones) is 1. The van der Waals surface area contributed by atoms with E-state index in [-0.39, 0.29) is 5.70 Å². The van der Waals surface area contributed by atoms with Gasteiger partial charge in [-0.3, -0.25) is 0 Å².